The average Bonchev–Trinajstić information content (AvgIpc) is 2.57. The first-order chi connectivity index (χ1) is 7.93. The first kappa shape index (κ1) is 12.0. The third-order valence-corrected chi connectivity index (χ3v) is 3.27. The Morgan fingerprint density at radius 1 is 1.47 bits per heavy atom. The number of aromatic amines is 1. The fraction of sp³-hybridized carbons (Fsp3) is 0.364. The number of hydrogen-bond acceptors (Lipinski definition) is 3. The number of fused-ring (bicyclic) bond motifs is 1. The van der Waals surface area contributed by atoms with E-state index in [0.717, 1.165) is 5.69 Å². The quantitative estimate of drug-likeness (QED) is 0.836. The van der Waals surface area contributed by atoms with Crippen LogP contribution in [0.1, 0.15) is 41.4 Å². The molecule has 0 atom stereocenters. The number of H-pyrrole nitrogens is 1. The molecule has 0 saturated heterocycles. The molecule has 17 heavy (non-hydrogen) atoms. The average molecular weight is 298 g/mol. The number of nitrogens with zero attached hydrogens (tertiary/aromatic N) is 2. The van der Waals surface area contributed by atoms with Crippen molar-refractivity contribution in [2.75, 3.05) is 0 Å². The van der Waals surface area contributed by atoms with Gasteiger partial charge in [0, 0.05) is 11.3 Å². The molecule has 0 aliphatic rings. The maximum absolute atomic E-state index is 11.5. The molecule has 0 amide bonds. The summed E-state index contributed by atoms with van der Waals surface area (Å²) in [7, 11) is 0. The van der Waals surface area contributed by atoms with Crippen molar-refractivity contribution in [1.82, 2.24) is 15.2 Å². The Morgan fingerprint density at radius 3 is 2.65 bits per heavy atom. The van der Waals surface area contributed by atoms with E-state index in [1.54, 1.807) is 6.92 Å². The summed E-state index contributed by atoms with van der Waals surface area (Å²) in [4.78, 5) is 15.7. The van der Waals surface area contributed by atoms with Crippen molar-refractivity contribution in [2.24, 2.45) is 0 Å². The van der Waals surface area contributed by atoms with Gasteiger partial charge in [0.05, 0.1) is 10.9 Å². The van der Waals surface area contributed by atoms with Crippen molar-refractivity contribution in [3.8, 4) is 0 Å². The molecule has 2 aromatic rings. The number of hydrogen-bond donors (Lipinski definition) is 2. The van der Waals surface area contributed by atoms with Crippen LogP contribution in [-0.4, -0.2) is 26.3 Å². The molecule has 0 bridgehead atoms. The monoisotopic (exact) mass is 297 g/mol. The Bertz CT molecular complexity index is 604. The van der Waals surface area contributed by atoms with Crippen LogP contribution in [-0.2, 0) is 0 Å². The highest BCUT2D eigenvalue weighted by Gasteiger charge is 2.23. The van der Waals surface area contributed by atoms with Crippen LogP contribution in [0.25, 0.3) is 11.0 Å². The summed E-state index contributed by atoms with van der Waals surface area (Å²) >= 11 is 3.32. The summed E-state index contributed by atoms with van der Waals surface area (Å²) in [6, 6.07) is 0. The molecular weight excluding hydrogens is 286 g/mol. The number of aromatic nitrogens is 3. The van der Waals surface area contributed by atoms with E-state index in [4.69, 9.17) is 0 Å². The molecule has 6 heteroatoms. The minimum atomic E-state index is -0.952. The van der Waals surface area contributed by atoms with Crippen LogP contribution in [0.4, 0.5) is 0 Å². The number of aromatic carboxylic acids is 1. The zero-order valence-corrected chi connectivity index (χ0v) is 11.3. The minimum absolute atomic E-state index is 0.0710. The molecule has 0 saturated carbocycles. The van der Waals surface area contributed by atoms with Gasteiger partial charge in [-0.15, -0.1) is 0 Å². The second kappa shape index (κ2) is 4.10. The van der Waals surface area contributed by atoms with E-state index in [9.17, 15) is 9.90 Å². The van der Waals surface area contributed by atoms with Crippen LogP contribution in [0.15, 0.2) is 4.60 Å². The van der Waals surface area contributed by atoms with Crippen molar-refractivity contribution >= 4 is 32.9 Å². The molecule has 0 aromatic carbocycles. The summed E-state index contributed by atoms with van der Waals surface area (Å²) in [5, 5.41) is 16.7. The molecular formula is C11H12BrN3O2. The molecule has 0 unspecified atom stereocenters. The van der Waals surface area contributed by atoms with Crippen molar-refractivity contribution in [1.29, 1.82) is 0 Å². The normalized spacial score (nSPS) is 11.4. The van der Waals surface area contributed by atoms with Gasteiger partial charge >= 0.3 is 5.97 Å². The van der Waals surface area contributed by atoms with Gasteiger partial charge in [0.25, 0.3) is 0 Å². The third kappa shape index (κ3) is 1.82. The summed E-state index contributed by atoms with van der Waals surface area (Å²) < 4.78 is 0.545. The van der Waals surface area contributed by atoms with Crippen molar-refractivity contribution in [3.63, 3.8) is 0 Å². The molecule has 0 aliphatic carbocycles. The number of carboxylic acids is 1. The lowest BCUT2D eigenvalue weighted by molar-refractivity contribution is 0.0697. The second-order valence-corrected chi connectivity index (χ2v) is 4.95. The number of halogens is 1. The number of carboxylic acid groups (broad SMARTS) is 1. The van der Waals surface area contributed by atoms with Gasteiger partial charge in [-0.05, 0) is 28.8 Å². The van der Waals surface area contributed by atoms with Crippen LogP contribution in [0, 0.1) is 6.92 Å². The van der Waals surface area contributed by atoms with E-state index in [1.807, 2.05) is 13.8 Å². The molecule has 2 N–H and O–H groups in total. The van der Waals surface area contributed by atoms with Crippen molar-refractivity contribution in [2.45, 2.75) is 26.7 Å². The van der Waals surface area contributed by atoms with E-state index < -0.39 is 5.97 Å². The van der Waals surface area contributed by atoms with Crippen LogP contribution >= 0.6 is 15.9 Å². The first-order valence-corrected chi connectivity index (χ1v) is 6.00. The molecule has 2 heterocycles. The fourth-order valence-corrected chi connectivity index (χ4v) is 2.76. The topological polar surface area (TPSA) is 78.9 Å². The van der Waals surface area contributed by atoms with E-state index >= 15 is 0 Å². The molecule has 0 aliphatic heterocycles. The molecule has 0 radical (unpaired) electrons. The summed E-state index contributed by atoms with van der Waals surface area (Å²) in [6.07, 6.45) is 0. The standard InChI is InChI=1S/C11H12BrN3O2/c1-4(2)6-8(11(16)17)7-5(3)14-15-10(7)13-9(6)12/h4H,1-3H3,(H,16,17)(H,13,14,15). The lowest BCUT2D eigenvalue weighted by Gasteiger charge is -2.12. The van der Waals surface area contributed by atoms with Crippen LogP contribution in [0.2, 0.25) is 0 Å². The third-order valence-electron chi connectivity index (χ3n) is 2.66. The van der Waals surface area contributed by atoms with E-state index in [1.165, 1.54) is 0 Å². The van der Waals surface area contributed by atoms with Gasteiger partial charge in [-0.3, -0.25) is 5.10 Å². The smallest absolute Gasteiger partial charge is 0.336 e. The zero-order chi connectivity index (χ0) is 12.7. The maximum atomic E-state index is 11.5. The largest absolute Gasteiger partial charge is 0.478 e. The van der Waals surface area contributed by atoms with Gasteiger partial charge in [-0.25, -0.2) is 9.78 Å². The highest BCUT2D eigenvalue weighted by Crippen LogP contribution is 2.32. The Kier molecular flexibility index (Phi) is 2.91. The maximum Gasteiger partial charge on any atom is 0.336 e. The van der Waals surface area contributed by atoms with Gasteiger partial charge < -0.3 is 5.11 Å². The molecule has 2 aromatic heterocycles. The number of nitrogens with one attached hydrogen (secondary N) is 1. The molecule has 90 valence electrons. The highest BCUT2D eigenvalue weighted by atomic mass is 79.9. The summed E-state index contributed by atoms with van der Waals surface area (Å²) in [6.45, 7) is 5.67. The number of carbonyl (C=O) groups is 1. The zero-order valence-electron chi connectivity index (χ0n) is 9.71. The van der Waals surface area contributed by atoms with E-state index in [2.05, 4.69) is 31.1 Å². The molecule has 5 nitrogen and oxygen atoms in total. The minimum Gasteiger partial charge on any atom is -0.478 e. The molecule has 2 rings (SSSR count). The SMILES string of the molecule is Cc1[nH]nc2nc(Br)c(C(C)C)c(C(=O)O)c12. The highest BCUT2D eigenvalue weighted by molar-refractivity contribution is 9.10. The predicted molar refractivity (Wildman–Crippen MR) is 67.4 cm³/mol. The van der Waals surface area contributed by atoms with Crippen molar-refractivity contribution < 1.29 is 9.90 Å². The van der Waals surface area contributed by atoms with Gasteiger partial charge in [-0.1, -0.05) is 13.8 Å². The van der Waals surface area contributed by atoms with Gasteiger partial charge in [0.1, 0.15) is 4.60 Å². The van der Waals surface area contributed by atoms with Crippen LogP contribution in [0.5, 0.6) is 0 Å². The van der Waals surface area contributed by atoms with Gasteiger partial charge in [-0.2, -0.15) is 5.10 Å². The Morgan fingerprint density at radius 2 is 2.12 bits per heavy atom. The molecule has 0 fully saturated rings. The van der Waals surface area contributed by atoms with Crippen molar-refractivity contribution in [3.05, 3.63) is 21.4 Å². The van der Waals surface area contributed by atoms with E-state index in [0.29, 0.717) is 21.2 Å². The van der Waals surface area contributed by atoms with Crippen LogP contribution in [0.3, 0.4) is 0 Å². The first-order valence-electron chi connectivity index (χ1n) is 5.20. The predicted octanol–water partition coefficient (Wildman–Crippen LogP) is 2.85. The lowest BCUT2D eigenvalue weighted by Crippen LogP contribution is -2.07. The Balaban J connectivity index is 2.97. The number of pyridine rings is 1. The summed E-state index contributed by atoms with van der Waals surface area (Å²) in [5.74, 6) is -0.882. The number of rotatable bonds is 2. The number of aryl methyl sites for hydroxylation is 1. The fourth-order valence-electron chi connectivity index (χ4n) is 1.94. The Labute approximate surface area is 106 Å². The van der Waals surface area contributed by atoms with Gasteiger partial charge in [0.2, 0.25) is 0 Å². The Hall–Kier alpha value is -1.43. The lowest BCUT2D eigenvalue weighted by atomic mass is 9.96. The van der Waals surface area contributed by atoms with Gasteiger partial charge in [0.15, 0.2) is 5.65 Å². The molecule has 0 spiro atoms. The second-order valence-electron chi connectivity index (χ2n) is 4.20. The van der Waals surface area contributed by atoms with E-state index in [-0.39, 0.29) is 11.5 Å². The van der Waals surface area contributed by atoms with Crippen LogP contribution < -0.4 is 0 Å². The summed E-state index contributed by atoms with van der Waals surface area (Å²) in [5.41, 5.74) is 2.13.